The van der Waals surface area contributed by atoms with Crippen LogP contribution in [0.5, 0.6) is 11.5 Å². The second-order valence-corrected chi connectivity index (χ2v) is 5.48. The molecule has 1 heterocycles. The van der Waals surface area contributed by atoms with Gasteiger partial charge in [-0.15, -0.1) is 0 Å². The van der Waals surface area contributed by atoms with Crippen LogP contribution in [0.2, 0.25) is 0 Å². The zero-order valence-electron chi connectivity index (χ0n) is 12.7. The van der Waals surface area contributed by atoms with Crippen LogP contribution < -0.4 is 15.4 Å². The average molecular weight is 314 g/mol. The molecule has 0 aromatic heterocycles. The number of fused-ring (bicyclic) bond motifs is 2. The molecule has 1 aliphatic heterocycles. The van der Waals surface area contributed by atoms with E-state index in [0.29, 0.717) is 28.4 Å². The van der Waals surface area contributed by atoms with Gasteiger partial charge in [0.25, 0.3) is 5.91 Å². The van der Waals surface area contributed by atoms with Gasteiger partial charge in [0.05, 0.1) is 24.0 Å². The summed E-state index contributed by atoms with van der Waals surface area (Å²) >= 11 is 0. The maximum atomic E-state index is 12.4. The highest BCUT2D eigenvalue weighted by atomic mass is 16.5. The third kappa shape index (κ3) is 3.28. The fourth-order valence-corrected chi connectivity index (χ4v) is 2.35. The van der Waals surface area contributed by atoms with Crippen LogP contribution in [0.1, 0.15) is 15.9 Å². The summed E-state index contributed by atoms with van der Waals surface area (Å²) in [5.74, 6) is 0.813. The maximum absolute atomic E-state index is 12.4. The van der Waals surface area contributed by atoms with Crippen LogP contribution in [-0.2, 0) is 0 Å². The first-order chi connectivity index (χ1) is 11.1. The van der Waals surface area contributed by atoms with E-state index in [4.69, 9.17) is 9.84 Å². The number of aliphatic hydroxyl groups is 2. The number of carbonyl (C=O) groups excluding carboxylic acids is 1. The predicted octanol–water partition coefficient (Wildman–Crippen LogP) is 2.12. The molecule has 0 saturated carbocycles. The number of aryl methyl sites for hydroxylation is 1. The quantitative estimate of drug-likeness (QED) is 0.694. The normalized spacial score (nSPS) is 14.0. The van der Waals surface area contributed by atoms with Gasteiger partial charge >= 0.3 is 0 Å². The van der Waals surface area contributed by atoms with Crippen molar-refractivity contribution in [1.29, 1.82) is 0 Å². The molecule has 0 saturated heterocycles. The number of amides is 1. The molecule has 3 rings (SSSR count). The van der Waals surface area contributed by atoms with Crippen molar-refractivity contribution in [1.82, 2.24) is 0 Å². The number of carbonyl (C=O) groups is 1. The maximum Gasteiger partial charge on any atom is 0.259 e. The molecule has 23 heavy (non-hydrogen) atoms. The molecule has 2 aromatic carbocycles. The molecule has 6 heteroatoms. The second kappa shape index (κ2) is 6.28. The Morgan fingerprint density at radius 3 is 2.78 bits per heavy atom. The number of nitrogens with one attached hydrogen (secondary N) is 2. The van der Waals surface area contributed by atoms with Crippen molar-refractivity contribution < 1.29 is 19.7 Å². The molecule has 6 nitrogen and oxygen atoms in total. The van der Waals surface area contributed by atoms with Crippen LogP contribution in [0.25, 0.3) is 0 Å². The largest absolute Gasteiger partial charge is 0.454 e. The molecular formula is C17H18N2O4. The summed E-state index contributed by atoms with van der Waals surface area (Å²) in [4.78, 5) is 12.4. The number of ether oxygens (including phenoxy) is 1. The predicted molar refractivity (Wildman–Crippen MR) is 87.2 cm³/mol. The summed E-state index contributed by atoms with van der Waals surface area (Å²) in [5.41, 5.74) is 2.73. The van der Waals surface area contributed by atoms with E-state index in [2.05, 4.69) is 10.6 Å². The van der Waals surface area contributed by atoms with Crippen molar-refractivity contribution in [3.63, 3.8) is 0 Å². The molecule has 1 amide bonds. The van der Waals surface area contributed by atoms with E-state index in [1.165, 1.54) is 0 Å². The molecule has 0 aliphatic carbocycles. The highest BCUT2D eigenvalue weighted by Gasteiger charge is 2.21. The highest BCUT2D eigenvalue weighted by Crippen LogP contribution is 2.37. The van der Waals surface area contributed by atoms with Crippen LogP contribution in [0, 0.1) is 6.92 Å². The van der Waals surface area contributed by atoms with Crippen LogP contribution >= 0.6 is 0 Å². The van der Waals surface area contributed by atoms with Gasteiger partial charge < -0.3 is 25.6 Å². The lowest BCUT2D eigenvalue weighted by molar-refractivity contribution is 0.102. The van der Waals surface area contributed by atoms with E-state index in [1.54, 1.807) is 18.2 Å². The third-order valence-corrected chi connectivity index (χ3v) is 3.58. The number of benzene rings is 2. The van der Waals surface area contributed by atoms with Crippen LogP contribution in [0.15, 0.2) is 36.4 Å². The Morgan fingerprint density at radius 2 is 2.00 bits per heavy atom. The fourth-order valence-electron chi connectivity index (χ4n) is 2.35. The lowest BCUT2D eigenvalue weighted by Crippen LogP contribution is -2.23. The van der Waals surface area contributed by atoms with Gasteiger partial charge in [-0.3, -0.25) is 4.79 Å². The summed E-state index contributed by atoms with van der Waals surface area (Å²) in [6, 6.07) is 10.7. The van der Waals surface area contributed by atoms with Crippen molar-refractivity contribution in [3.05, 3.63) is 47.5 Å². The number of rotatable bonds is 4. The molecule has 120 valence electrons. The number of hydrogen-bond acceptors (Lipinski definition) is 5. The monoisotopic (exact) mass is 314 g/mol. The number of hydrogen-bond donors (Lipinski definition) is 4. The van der Waals surface area contributed by atoms with Gasteiger partial charge in [-0.25, -0.2) is 0 Å². The van der Waals surface area contributed by atoms with Gasteiger partial charge in [0.1, 0.15) is 5.75 Å². The molecule has 0 bridgehead atoms. The first kappa shape index (κ1) is 15.3. The van der Waals surface area contributed by atoms with E-state index in [0.717, 1.165) is 5.56 Å². The van der Waals surface area contributed by atoms with Gasteiger partial charge in [0.2, 0.25) is 0 Å². The van der Waals surface area contributed by atoms with Crippen molar-refractivity contribution in [2.75, 3.05) is 23.8 Å². The van der Waals surface area contributed by atoms with Gasteiger partial charge in [-0.1, -0.05) is 6.07 Å². The molecule has 2 aromatic rings. The summed E-state index contributed by atoms with van der Waals surface area (Å²) in [6.07, 6.45) is -0.855. The van der Waals surface area contributed by atoms with Crippen molar-refractivity contribution in [2.45, 2.75) is 13.0 Å². The lowest BCUT2D eigenvalue weighted by Gasteiger charge is -2.12. The van der Waals surface area contributed by atoms with Crippen molar-refractivity contribution in [2.24, 2.45) is 0 Å². The minimum absolute atomic E-state index is 0.192. The molecule has 1 aliphatic rings. The SMILES string of the molecule is Cc1ccc2c(c1)NC(=O)c1cc(NCC(O)CO)ccc1O2. The minimum atomic E-state index is -0.855. The van der Waals surface area contributed by atoms with E-state index in [1.807, 2.05) is 25.1 Å². The summed E-state index contributed by atoms with van der Waals surface area (Å²) in [5, 5.41) is 24.0. The Labute approximate surface area is 133 Å². The molecule has 4 N–H and O–H groups in total. The van der Waals surface area contributed by atoms with E-state index in [-0.39, 0.29) is 19.1 Å². The molecule has 1 unspecified atom stereocenters. The Morgan fingerprint density at radius 1 is 1.22 bits per heavy atom. The molecule has 0 fully saturated rings. The van der Waals surface area contributed by atoms with Gasteiger partial charge in [0.15, 0.2) is 5.75 Å². The van der Waals surface area contributed by atoms with Gasteiger partial charge in [-0.2, -0.15) is 0 Å². The first-order valence-electron chi connectivity index (χ1n) is 7.33. The number of anilines is 2. The van der Waals surface area contributed by atoms with E-state index >= 15 is 0 Å². The van der Waals surface area contributed by atoms with Gasteiger partial charge in [0, 0.05) is 12.2 Å². The minimum Gasteiger partial charge on any atom is -0.454 e. The Hall–Kier alpha value is -2.57. The summed E-state index contributed by atoms with van der Waals surface area (Å²) < 4.78 is 5.83. The smallest absolute Gasteiger partial charge is 0.259 e. The van der Waals surface area contributed by atoms with Crippen molar-refractivity contribution in [3.8, 4) is 11.5 Å². The third-order valence-electron chi connectivity index (χ3n) is 3.58. The fraction of sp³-hybridized carbons (Fsp3) is 0.235. The molecule has 0 radical (unpaired) electrons. The van der Waals surface area contributed by atoms with Crippen LogP contribution in [-0.4, -0.2) is 35.4 Å². The average Bonchev–Trinajstić information content (AvgIpc) is 2.68. The molecule has 0 spiro atoms. The second-order valence-electron chi connectivity index (χ2n) is 5.48. The zero-order chi connectivity index (χ0) is 16.4. The summed E-state index contributed by atoms with van der Waals surface area (Å²) in [7, 11) is 0. The zero-order valence-corrected chi connectivity index (χ0v) is 12.7. The Balaban J connectivity index is 1.88. The lowest BCUT2D eigenvalue weighted by atomic mass is 10.1. The highest BCUT2D eigenvalue weighted by molar-refractivity contribution is 6.08. The Kier molecular flexibility index (Phi) is 4.18. The van der Waals surface area contributed by atoms with Crippen LogP contribution in [0.3, 0.4) is 0 Å². The standard InChI is InChI=1S/C17H18N2O4/c1-10-2-4-16-14(6-10)19-17(22)13-7-11(3-5-15(13)23-16)18-8-12(21)9-20/h2-7,12,18,20-21H,8-9H2,1H3,(H,19,22). The Bertz CT molecular complexity index is 745. The molecular weight excluding hydrogens is 296 g/mol. The van der Waals surface area contributed by atoms with Crippen LogP contribution in [0.4, 0.5) is 11.4 Å². The molecule has 1 atom stereocenters. The van der Waals surface area contributed by atoms with E-state index < -0.39 is 6.10 Å². The topological polar surface area (TPSA) is 90.8 Å². The summed E-state index contributed by atoms with van der Waals surface area (Å²) in [6.45, 7) is 1.81. The van der Waals surface area contributed by atoms with E-state index in [9.17, 15) is 9.90 Å². The van der Waals surface area contributed by atoms with Crippen molar-refractivity contribution >= 4 is 17.3 Å². The first-order valence-corrected chi connectivity index (χ1v) is 7.33. The number of aliphatic hydroxyl groups excluding tert-OH is 2. The van der Waals surface area contributed by atoms with Gasteiger partial charge in [-0.05, 0) is 42.8 Å².